The van der Waals surface area contributed by atoms with Crippen LogP contribution in [0.25, 0.3) is 0 Å². The van der Waals surface area contributed by atoms with Crippen molar-refractivity contribution in [2.75, 3.05) is 5.06 Å². The molecule has 0 atom stereocenters. The fourth-order valence-corrected chi connectivity index (χ4v) is 1.63. The number of aromatic nitrogens is 1. The molecule has 0 saturated carbocycles. The molecule has 3 heteroatoms. The van der Waals surface area contributed by atoms with Gasteiger partial charge in [0.15, 0.2) is 0 Å². The monoisotopic (exact) mass is 228 g/mol. The van der Waals surface area contributed by atoms with Crippen LogP contribution in [0.15, 0.2) is 48.8 Å². The number of benzene rings is 1. The second-order valence-electron chi connectivity index (χ2n) is 4.26. The molecule has 88 valence electrons. The normalized spacial score (nSPS) is 10.6. The van der Waals surface area contributed by atoms with Crippen molar-refractivity contribution in [1.29, 1.82) is 0 Å². The molecule has 0 bridgehead atoms. The van der Waals surface area contributed by atoms with Gasteiger partial charge in [-0.3, -0.25) is 10.2 Å². The van der Waals surface area contributed by atoms with Crippen molar-refractivity contribution in [2.24, 2.45) is 0 Å². The van der Waals surface area contributed by atoms with E-state index in [9.17, 15) is 5.21 Å². The Morgan fingerprint density at radius 2 is 1.47 bits per heavy atom. The summed E-state index contributed by atoms with van der Waals surface area (Å²) in [5.74, 6) is 0.497. The summed E-state index contributed by atoms with van der Waals surface area (Å²) in [6.45, 7) is 4.29. The van der Waals surface area contributed by atoms with Crippen LogP contribution in [0.1, 0.15) is 25.3 Å². The van der Waals surface area contributed by atoms with Crippen LogP contribution in [0.4, 0.5) is 11.4 Å². The Morgan fingerprint density at radius 3 is 2.00 bits per heavy atom. The zero-order valence-electron chi connectivity index (χ0n) is 10.0. The quantitative estimate of drug-likeness (QED) is 0.813. The van der Waals surface area contributed by atoms with E-state index in [0.717, 1.165) is 10.8 Å². The van der Waals surface area contributed by atoms with E-state index in [1.165, 1.54) is 5.56 Å². The van der Waals surface area contributed by atoms with Gasteiger partial charge in [-0.2, -0.15) is 0 Å². The fraction of sp³-hybridized carbons (Fsp3) is 0.214. The Labute approximate surface area is 101 Å². The predicted octanol–water partition coefficient (Wildman–Crippen LogP) is 3.73. The third kappa shape index (κ3) is 2.63. The number of nitrogens with zero attached hydrogens (tertiary/aromatic N) is 2. The smallest absolute Gasteiger partial charge is 0.0723 e. The summed E-state index contributed by atoms with van der Waals surface area (Å²) in [7, 11) is 0. The van der Waals surface area contributed by atoms with Crippen molar-refractivity contribution in [1.82, 2.24) is 4.98 Å². The molecule has 1 heterocycles. The number of hydrogen-bond donors (Lipinski definition) is 1. The summed E-state index contributed by atoms with van der Waals surface area (Å²) < 4.78 is 0. The van der Waals surface area contributed by atoms with Crippen LogP contribution in [-0.2, 0) is 0 Å². The molecule has 2 rings (SSSR count). The van der Waals surface area contributed by atoms with Crippen molar-refractivity contribution < 1.29 is 5.21 Å². The third-order valence-corrected chi connectivity index (χ3v) is 2.71. The van der Waals surface area contributed by atoms with Crippen LogP contribution >= 0.6 is 0 Å². The number of hydrogen-bond acceptors (Lipinski definition) is 3. The first-order valence-electron chi connectivity index (χ1n) is 5.67. The molecule has 3 nitrogen and oxygen atoms in total. The standard InChI is InChI=1S/C14H16N2O/c1-11(2)12-3-5-13(6-4-12)16(17)14-7-9-15-10-8-14/h3-11,17H,1-2H3. The van der Waals surface area contributed by atoms with Crippen LogP contribution in [0.3, 0.4) is 0 Å². The summed E-state index contributed by atoms with van der Waals surface area (Å²) >= 11 is 0. The minimum atomic E-state index is 0.497. The maximum Gasteiger partial charge on any atom is 0.0723 e. The largest absolute Gasteiger partial charge is 0.284 e. The van der Waals surface area contributed by atoms with Crippen LogP contribution in [0.5, 0.6) is 0 Å². The zero-order valence-corrected chi connectivity index (χ0v) is 10.0. The van der Waals surface area contributed by atoms with E-state index >= 15 is 0 Å². The van der Waals surface area contributed by atoms with Crippen molar-refractivity contribution in [2.45, 2.75) is 19.8 Å². The molecule has 0 amide bonds. The average molecular weight is 228 g/mol. The summed E-state index contributed by atoms with van der Waals surface area (Å²) in [4.78, 5) is 3.92. The molecular formula is C14H16N2O. The lowest BCUT2D eigenvalue weighted by Gasteiger charge is -2.17. The van der Waals surface area contributed by atoms with Crippen molar-refractivity contribution in [3.8, 4) is 0 Å². The first kappa shape index (κ1) is 11.6. The SMILES string of the molecule is CC(C)c1ccc(N(O)c2ccncc2)cc1. The predicted molar refractivity (Wildman–Crippen MR) is 68.7 cm³/mol. The van der Waals surface area contributed by atoms with Gasteiger partial charge in [-0.05, 0) is 35.7 Å². The maximum atomic E-state index is 10.0. The van der Waals surface area contributed by atoms with E-state index in [1.54, 1.807) is 24.5 Å². The summed E-state index contributed by atoms with van der Waals surface area (Å²) in [5.41, 5.74) is 2.72. The second-order valence-corrected chi connectivity index (χ2v) is 4.26. The molecule has 0 aliphatic rings. The van der Waals surface area contributed by atoms with Gasteiger partial charge >= 0.3 is 0 Å². The fourth-order valence-electron chi connectivity index (χ4n) is 1.63. The van der Waals surface area contributed by atoms with Gasteiger partial charge < -0.3 is 0 Å². The molecule has 0 unspecified atom stereocenters. The highest BCUT2D eigenvalue weighted by molar-refractivity contribution is 5.59. The highest BCUT2D eigenvalue weighted by Crippen LogP contribution is 2.24. The Morgan fingerprint density at radius 1 is 0.941 bits per heavy atom. The third-order valence-electron chi connectivity index (χ3n) is 2.71. The number of rotatable bonds is 3. The minimum Gasteiger partial charge on any atom is -0.284 e. The Kier molecular flexibility index (Phi) is 3.40. The molecule has 0 saturated heterocycles. The van der Waals surface area contributed by atoms with Crippen LogP contribution < -0.4 is 5.06 Å². The van der Waals surface area contributed by atoms with Gasteiger partial charge in [0.25, 0.3) is 0 Å². The molecule has 2 aromatic rings. The van der Waals surface area contributed by atoms with Gasteiger partial charge in [0.1, 0.15) is 0 Å². The van der Waals surface area contributed by atoms with E-state index in [4.69, 9.17) is 0 Å². The maximum absolute atomic E-state index is 10.0. The molecular weight excluding hydrogens is 212 g/mol. The molecule has 1 aromatic heterocycles. The number of anilines is 2. The molecule has 1 aromatic carbocycles. The van der Waals surface area contributed by atoms with E-state index in [0.29, 0.717) is 11.6 Å². The lowest BCUT2D eigenvalue weighted by atomic mass is 10.0. The topological polar surface area (TPSA) is 36.4 Å². The van der Waals surface area contributed by atoms with Crippen molar-refractivity contribution >= 4 is 11.4 Å². The van der Waals surface area contributed by atoms with Crippen LogP contribution in [0.2, 0.25) is 0 Å². The van der Waals surface area contributed by atoms with E-state index < -0.39 is 0 Å². The summed E-state index contributed by atoms with van der Waals surface area (Å²) in [6, 6.07) is 11.4. The first-order chi connectivity index (χ1) is 8.18. The highest BCUT2D eigenvalue weighted by atomic mass is 16.5. The Hall–Kier alpha value is -1.87. The molecule has 17 heavy (non-hydrogen) atoms. The van der Waals surface area contributed by atoms with Gasteiger partial charge in [0.05, 0.1) is 11.4 Å². The van der Waals surface area contributed by atoms with Gasteiger partial charge in [-0.1, -0.05) is 26.0 Å². The minimum absolute atomic E-state index is 0.497. The average Bonchev–Trinajstić information content (AvgIpc) is 2.39. The van der Waals surface area contributed by atoms with Gasteiger partial charge in [0, 0.05) is 12.4 Å². The van der Waals surface area contributed by atoms with Crippen LogP contribution in [0, 0.1) is 0 Å². The van der Waals surface area contributed by atoms with Crippen molar-refractivity contribution in [3.05, 3.63) is 54.4 Å². The molecule has 0 radical (unpaired) electrons. The zero-order chi connectivity index (χ0) is 12.3. The first-order valence-corrected chi connectivity index (χ1v) is 5.67. The molecule has 1 N–H and O–H groups in total. The molecule has 0 aliphatic carbocycles. The van der Waals surface area contributed by atoms with Gasteiger partial charge in [-0.25, -0.2) is 5.06 Å². The molecule has 0 spiro atoms. The highest BCUT2D eigenvalue weighted by Gasteiger charge is 2.06. The lowest BCUT2D eigenvalue weighted by molar-refractivity contribution is 0.301. The van der Waals surface area contributed by atoms with Gasteiger partial charge in [-0.15, -0.1) is 0 Å². The lowest BCUT2D eigenvalue weighted by Crippen LogP contribution is -2.10. The van der Waals surface area contributed by atoms with E-state index in [-0.39, 0.29) is 0 Å². The summed E-state index contributed by atoms with van der Waals surface area (Å²) in [5, 5.41) is 11.2. The number of pyridine rings is 1. The Balaban J connectivity index is 2.23. The summed E-state index contributed by atoms with van der Waals surface area (Å²) in [6.07, 6.45) is 3.31. The molecule has 0 aliphatic heterocycles. The van der Waals surface area contributed by atoms with E-state index in [2.05, 4.69) is 18.8 Å². The van der Waals surface area contributed by atoms with Crippen LogP contribution in [-0.4, -0.2) is 10.2 Å². The van der Waals surface area contributed by atoms with Crippen molar-refractivity contribution in [3.63, 3.8) is 0 Å². The molecule has 0 fully saturated rings. The van der Waals surface area contributed by atoms with E-state index in [1.807, 2.05) is 24.3 Å². The van der Waals surface area contributed by atoms with Gasteiger partial charge in [0.2, 0.25) is 0 Å². The second kappa shape index (κ2) is 4.97. The Bertz CT molecular complexity index is 465.